The Morgan fingerprint density at radius 1 is 1.29 bits per heavy atom. The molecule has 0 atom stereocenters. The number of hydrogen-bond acceptors (Lipinski definition) is 1. The van der Waals surface area contributed by atoms with E-state index in [-0.39, 0.29) is 11.4 Å². The molecule has 0 bridgehead atoms. The van der Waals surface area contributed by atoms with Crippen LogP contribution in [0.3, 0.4) is 0 Å². The van der Waals surface area contributed by atoms with Gasteiger partial charge in [0.15, 0.2) is 0 Å². The molecule has 0 radical (unpaired) electrons. The molecule has 0 spiro atoms. The Hall–Kier alpha value is -1.51. The van der Waals surface area contributed by atoms with Crippen LogP contribution in [0.5, 0.6) is 0 Å². The van der Waals surface area contributed by atoms with Crippen molar-refractivity contribution in [2.75, 3.05) is 11.9 Å². The maximum atomic E-state index is 11.3. The van der Waals surface area contributed by atoms with Crippen LogP contribution in [0.4, 0.5) is 10.5 Å². The third-order valence-corrected chi connectivity index (χ3v) is 2.60. The average Bonchev–Trinajstić information content (AvgIpc) is 2.25. The van der Waals surface area contributed by atoms with Crippen molar-refractivity contribution in [1.82, 2.24) is 5.32 Å². The van der Waals surface area contributed by atoms with Crippen LogP contribution in [0, 0.1) is 0 Å². The van der Waals surface area contributed by atoms with Crippen molar-refractivity contribution in [3.8, 4) is 0 Å². The van der Waals surface area contributed by atoms with Crippen molar-refractivity contribution >= 4 is 11.7 Å². The Balaban J connectivity index is 2.52. The number of carbonyl (C=O) groups is 1. The van der Waals surface area contributed by atoms with Gasteiger partial charge in [0.2, 0.25) is 0 Å². The van der Waals surface area contributed by atoms with Crippen LogP contribution in [0.2, 0.25) is 0 Å². The molecule has 1 aromatic rings. The Kier molecular flexibility index (Phi) is 1.95. The van der Waals surface area contributed by atoms with Crippen molar-refractivity contribution in [1.29, 1.82) is 0 Å². The number of rotatable bonds is 0. The number of urea groups is 1. The molecule has 0 unspecified atom stereocenters. The Morgan fingerprint density at radius 3 is 2.79 bits per heavy atom. The van der Waals surface area contributed by atoms with Gasteiger partial charge in [0.05, 0.1) is 0 Å². The van der Waals surface area contributed by atoms with E-state index in [1.54, 1.807) is 0 Å². The SMILES string of the molecule is CC1(C)CNC(=O)Nc2ccccc21. The molecule has 1 aromatic carbocycles. The van der Waals surface area contributed by atoms with Crippen molar-refractivity contribution in [2.45, 2.75) is 19.3 Å². The van der Waals surface area contributed by atoms with E-state index < -0.39 is 0 Å². The molecule has 0 aromatic heterocycles. The molecule has 2 N–H and O–H groups in total. The van der Waals surface area contributed by atoms with Crippen molar-refractivity contribution < 1.29 is 4.79 Å². The van der Waals surface area contributed by atoms with Crippen LogP contribution in [-0.2, 0) is 5.41 Å². The molecular formula is C11H14N2O. The number of benzene rings is 1. The summed E-state index contributed by atoms with van der Waals surface area (Å²) in [5, 5.41) is 5.66. The first kappa shape index (κ1) is 9.06. The van der Waals surface area contributed by atoms with Crippen molar-refractivity contribution in [2.24, 2.45) is 0 Å². The first-order valence-corrected chi connectivity index (χ1v) is 4.74. The summed E-state index contributed by atoms with van der Waals surface area (Å²) in [4.78, 5) is 11.3. The molecule has 14 heavy (non-hydrogen) atoms. The fourth-order valence-electron chi connectivity index (χ4n) is 1.75. The molecule has 3 heteroatoms. The lowest BCUT2D eigenvalue weighted by Gasteiger charge is -2.23. The Labute approximate surface area is 83.5 Å². The van der Waals surface area contributed by atoms with E-state index >= 15 is 0 Å². The van der Waals surface area contributed by atoms with E-state index in [4.69, 9.17) is 0 Å². The highest BCUT2D eigenvalue weighted by atomic mass is 16.2. The number of amides is 2. The number of anilines is 1. The van der Waals surface area contributed by atoms with Crippen LogP contribution in [0.15, 0.2) is 24.3 Å². The highest BCUT2D eigenvalue weighted by Crippen LogP contribution is 2.30. The van der Waals surface area contributed by atoms with Gasteiger partial charge in [-0.3, -0.25) is 0 Å². The smallest absolute Gasteiger partial charge is 0.319 e. The van der Waals surface area contributed by atoms with E-state index in [0.29, 0.717) is 6.54 Å². The van der Waals surface area contributed by atoms with Gasteiger partial charge in [-0.2, -0.15) is 0 Å². The quantitative estimate of drug-likeness (QED) is 0.646. The van der Waals surface area contributed by atoms with Gasteiger partial charge in [0.25, 0.3) is 0 Å². The summed E-state index contributed by atoms with van der Waals surface area (Å²) in [5.74, 6) is 0. The minimum absolute atomic E-state index is 0.0181. The predicted octanol–water partition coefficient (Wildman–Crippen LogP) is 2.10. The summed E-state index contributed by atoms with van der Waals surface area (Å²) >= 11 is 0. The number of carbonyl (C=O) groups excluding carboxylic acids is 1. The molecule has 74 valence electrons. The Bertz CT molecular complexity index is 371. The normalized spacial score (nSPS) is 18.9. The Morgan fingerprint density at radius 2 is 2.00 bits per heavy atom. The largest absolute Gasteiger partial charge is 0.337 e. The summed E-state index contributed by atoms with van der Waals surface area (Å²) in [5.41, 5.74) is 2.07. The molecule has 1 aliphatic rings. The third-order valence-electron chi connectivity index (χ3n) is 2.60. The molecule has 0 aliphatic carbocycles. The second kappa shape index (κ2) is 3.01. The van der Waals surface area contributed by atoms with Gasteiger partial charge >= 0.3 is 6.03 Å². The van der Waals surface area contributed by atoms with Crippen molar-refractivity contribution in [3.63, 3.8) is 0 Å². The van der Waals surface area contributed by atoms with Gasteiger partial charge in [0.1, 0.15) is 0 Å². The first-order valence-electron chi connectivity index (χ1n) is 4.74. The van der Waals surface area contributed by atoms with E-state index in [1.165, 1.54) is 5.56 Å². The molecule has 0 saturated heterocycles. The molecule has 1 heterocycles. The molecule has 2 rings (SSSR count). The number of hydrogen-bond donors (Lipinski definition) is 2. The molecule has 0 saturated carbocycles. The molecule has 1 aliphatic heterocycles. The van der Waals surface area contributed by atoms with Gasteiger partial charge in [-0.15, -0.1) is 0 Å². The van der Waals surface area contributed by atoms with Gasteiger partial charge < -0.3 is 10.6 Å². The molecule has 3 nitrogen and oxygen atoms in total. The first-order chi connectivity index (χ1) is 6.59. The minimum Gasteiger partial charge on any atom is -0.337 e. The fourth-order valence-corrected chi connectivity index (χ4v) is 1.75. The summed E-state index contributed by atoms with van der Waals surface area (Å²) < 4.78 is 0. The van der Waals surface area contributed by atoms with Crippen LogP contribution >= 0.6 is 0 Å². The van der Waals surface area contributed by atoms with Crippen LogP contribution < -0.4 is 10.6 Å². The highest BCUT2D eigenvalue weighted by molar-refractivity contribution is 5.91. The third kappa shape index (κ3) is 1.45. The van der Waals surface area contributed by atoms with E-state index in [2.05, 4.69) is 30.5 Å². The minimum atomic E-state index is -0.122. The zero-order valence-electron chi connectivity index (χ0n) is 8.42. The van der Waals surface area contributed by atoms with E-state index in [1.807, 2.05) is 18.2 Å². The van der Waals surface area contributed by atoms with Gasteiger partial charge in [-0.1, -0.05) is 32.0 Å². The molecular weight excluding hydrogens is 176 g/mol. The lowest BCUT2D eigenvalue weighted by molar-refractivity contribution is 0.250. The predicted molar refractivity (Wildman–Crippen MR) is 56.5 cm³/mol. The maximum Gasteiger partial charge on any atom is 0.319 e. The lowest BCUT2D eigenvalue weighted by Crippen LogP contribution is -2.34. The zero-order valence-corrected chi connectivity index (χ0v) is 8.42. The van der Waals surface area contributed by atoms with Gasteiger partial charge in [-0.05, 0) is 11.6 Å². The van der Waals surface area contributed by atoms with Gasteiger partial charge in [-0.25, -0.2) is 4.79 Å². The van der Waals surface area contributed by atoms with E-state index in [0.717, 1.165) is 5.69 Å². The summed E-state index contributed by atoms with van der Waals surface area (Å²) in [6, 6.07) is 7.80. The number of para-hydroxylation sites is 1. The number of nitrogens with one attached hydrogen (secondary N) is 2. The summed E-state index contributed by atoms with van der Waals surface area (Å²) in [6.45, 7) is 4.91. The fraction of sp³-hybridized carbons (Fsp3) is 0.364. The second-order valence-electron chi connectivity index (χ2n) is 4.24. The van der Waals surface area contributed by atoms with Crippen LogP contribution in [-0.4, -0.2) is 12.6 Å². The summed E-state index contributed by atoms with van der Waals surface area (Å²) in [7, 11) is 0. The lowest BCUT2D eigenvalue weighted by atomic mass is 9.84. The summed E-state index contributed by atoms with van der Waals surface area (Å²) in [6.07, 6.45) is 0. The van der Waals surface area contributed by atoms with Gasteiger partial charge in [0, 0.05) is 17.6 Å². The topological polar surface area (TPSA) is 41.1 Å². The second-order valence-corrected chi connectivity index (χ2v) is 4.24. The standard InChI is InChI=1S/C11H14N2O/c1-11(2)7-12-10(14)13-9-6-4-3-5-8(9)11/h3-6H,7H2,1-2H3,(H2,12,13,14). The average molecular weight is 190 g/mol. The van der Waals surface area contributed by atoms with E-state index in [9.17, 15) is 4.79 Å². The molecule has 2 amide bonds. The van der Waals surface area contributed by atoms with Crippen LogP contribution in [0.1, 0.15) is 19.4 Å². The maximum absolute atomic E-state index is 11.3. The monoisotopic (exact) mass is 190 g/mol. The number of fused-ring (bicyclic) bond motifs is 1. The highest BCUT2D eigenvalue weighted by Gasteiger charge is 2.27. The van der Waals surface area contributed by atoms with Crippen molar-refractivity contribution in [3.05, 3.63) is 29.8 Å². The molecule has 0 fully saturated rings. The zero-order chi connectivity index (χ0) is 10.2. The van der Waals surface area contributed by atoms with Crippen LogP contribution in [0.25, 0.3) is 0 Å².